The molecule has 0 bridgehead atoms. The van der Waals surface area contributed by atoms with E-state index >= 15 is 0 Å². The summed E-state index contributed by atoms with van der Waals surface area (Å²) in [5.41, 5.74) is 9.26. The number of ether oxygens (including phenoxy) is 1. The van der Waals surface area contributed by atoms with Gasteiger partial charge in [0.15, 0.2) is 0 Å². The van der Waals surface area contributed by atoms with Crippen LogP contribution in [0.25, 0.3) is 10.9 Å². The highest BCUT2D eigenvalue weighted by molar-refractivity contribution is 6.30. The molecule has 0 aliphatic heterocycles. The number of rotatable bonds is 5. The van der Waals surface area contributed by atoms with Gasteiger partial charge in [-0.3, -0.25) is 0 Å². The van der Waals surface area contributed by atoms with Gasteiger partial charge >= 0.3 is 0 Å². The van der Waals surface area contributed by atoms with E-state index in [1.807, 2.05) is 24.3 Å². The van der Waals surface area contributed by atoms with Crippen LogP contribution < -0.4 is 10.5 Å². The molecule has 3 rings (SSSR count). The maximum Gasteiger partial charge on any atom is 0.121 e. The molecule has 3 nitrogen and oxygen atoms in total. The number of aromatic nitrogens is 1. The number of aryl methyl sites for hydroxylation is 1. The molecule has 1 aromatic heterocycles. The summed E-state index contributed by atoms with van der Waals surface area (Å²) in [5, 5.41) is 1.88. The smallest absolute Gasteiger partial charge is 0.121 e. The molecule has 0 atom stereocenters. The number of fused-ring (bicyclic) bond motifs is 1. The monoisotopic (exact) mass is 314 g/mol. The Morgan fingerprint density at radius 2 is 2.05 bits per heavy atom. The Hall–Kier alpha value is -1.97. The Labute approximate surface area is 135 Å². The Morgan fingerprint density at radius 1 is 1.18 bits per heavy atom. The summed E-state index contributed by atoms with van der Waals surface area (Å²) in [6.07, 6.45) is 2.15. The van der Waals surface area contributed by atoms with Crippen LogP contribution in [0.4, 0.5) is 0 Å². The summed E-state index contributed by atoms with van der Waals surface area (Å²) >= 11 is 5.99. The number of halogens is 1. The molecule has 2 aromatic carbocycles. The lowest BCUT2D eigenvalue weighted by Crippen LogP contribution is -1.97. The molecule has 0 spiro atoms. The average molecular weight is 315 g/mol. The first-order chi connectivity index (χ1) is 10.7. The number of hydrogen-bond donors (Lipinski definition) is 1. The third-order valence-corrected chi connectivity index (χ3v) is 4.03. The summed E-state index contributed by atoms with van der Waals surface area (Å²) in [7, 11) is 0. The molecule has 4 heteroatoms. The second-order valence-electron chi connectivity index (χ2n) is 5.24. The number of benzene rings is 2. The second kappa shape index (κ2) is 6.42. The molecule has 22 heavy (non-hydrogen) atoms. The fourth-order valence-corrected chi connectivity index (χ4v) is 2.82. The zero-order valence-corrected chi connectivity index (χ0v) is 13.3. The number of nitrogens with zero attached hydrogens (tertiary/aromatic N) is 1. The SMILES string of the molecule is CCn1cc(COc2cccc(Cl)c2)c2cc(CN)ccc21. The molecule has 0 saturated heterocycles. The van der Waals surface area contributed by atoms with Crippen LogP contribution >= 0.6 is 11.6 Å². The van der Waals surface area contributed by atoms with Gasteiger partial charge in [-0.05, 0) is 42.8 Å². The topological polar surface area (TPSA) is 40.2 Å². The van der Waals surface area contributed by atoms with Crippen LogP contribution in [0.5, 0.6) is 5.75 Å². The van der Waals surface area contributed by atoms with E-state index in [0.29, 0.717) is 18.2 Å². The van der Waals surface area contributed by atoms with Crippen LogP contribution in [0.2, 0.25) is 5.02 Å². The highest BCUT2D eigenvalue weighted by Gasteiger charge is 2.09. The molecule has 0 unspecified atom stereocenters. The first kappa shape index (κ1) is 14.9. The minimum absolute atomic E-state index is 0.512. The molecular formula is C18H19ClN2O. The second-order valence-corrected chi connectivity index (χ2v) is 5.68. The van der Waals surface area contributed by atoms with Crippen molar-refractivity contribution in [3.8, 4) is 5.75 Å². The fraction of sp³-hybridized carbons (Fsp3) is 0.222. The van der Waals surface area contributed by atoms with Gasteiger partial charge in [-0.15, -0.1) is 0 Å². The normalized spacial score (nSPS) is 11.0. The largest absolute Gasteiger partial charge is 0.489 e. The minimum Gasteiger partial charge on any atom is -0.489 e. The van der Waals surface area contributed by atoms with Gasteiger partial charge in [0.25, 0.3) is 0 Å². The van der Waals surface area contributed by atoms with E-state index < -0.39 is 0 Å². The molecule has 0 fully saturated rings. The Kier molecular flexibility index (Phi) is 4.36. The van der Waals surface area contributed by atoms with E-state index in [0.717, 1.165) is 23.4 Å². The van der Waals surface area contributed by atoms with Crippen LogP contribution in [0.1, 0.15) is 18.1 Å². The number of nitrogens with two attached hydrogens (primary N) is 1. The summed E-state index contributed by atoms with van der Waals surface area (Å²) in [6.45, 7) is 4.12. The summed E-state index contributed by atoms with van der Waals surface area (Å²) in [4.78, 5) is 0. The third-order valence-electron chi connectivity index (χ3n) is 3.79. The first-order valence-corrected chi connectivity index (χ1v) is 7.78. The van der Waals surface area contributed by atoms with Crippen LogP contribution in [0, 0.1) is 0 Å². The maximum atomic E-state index is 5.99. The zero-order valence-electron chi connectivity index (χ0n) is 12.6. The Morgan fingerprint density at radius 3 is 2.77 bits per heavy atom. The van der Waals surface area contributed by atoms with E-state index in [9.17, 15) is 0 Å². The van der Waals surface area contributed by atoms with Crippen molar-refractivity contribution in [3.63, 3.8) is 0 Å². The molecule has 2 N–H and O–H groups in total. The Bertz CT molecular complexity index is 795. The molecule has 0 aliphatic carbocycles. The van der Waals surface area contributed by atoms with Gasteiger partial charge in [-0.1, -0.05) is 23.7 Å². The van der Waals surface area contributed by atoms with Gasteiger partial charge in [-0.25, -0.2) is 0 Å². The van der Waals surface area contributed by atoms with Crippen molar-refractivity contribution >= 4 is 22.5 Å². The standard InChI is InChI=1S/C18H19ClN2O/c1-2-21-11-14(12-22-16-5-3-4-15(19)9-16)17-8-13(10-20)6-7-18(17)21/h3-9,11H,2,10,12,20H2,1H3. The quantitative estimate of drug-likeness (QED) is 0.760. The van der Waals surface area contributed by atoms with Gasteiger partial charge in [0, 0.05) is 40.8 Å². The summed E-state index contributed by atoms with van der Waals surface area (Å²) in [6, 6.07) is 13.8. The van der Waals surface area contributed by atoms with Crippen molar-refractivity contribution in [3.05, 3.63) is 64.8 Å². The highest BCUT2D eigenvalue weighted by atomic mass is 35.5. The lowest BCUT2D eigenvalue weighted by atomic mass is 10.1. The average Bonchev–Trinajstić information content (AvgIpc) is 2.90. The molecule has 1 heterocycles. The van der Waals surface area contributed by atoms with Gasteiger partial charge < -0.3 is 15.0 Å². The lowest BCUT2D eigenvalue weighted by molar-refractivity contribution is 0.307. The van der Waals surface area contributed by atoms with E-state index in [4.69, 9.17) is 22.1 Å². The third kappa shape index (κ3) is 2.96. The molecule has 3 aromatic rings. The van der Waals surface area contributed by atoms with Gasteiger partial charge in [0.05, 0.1) is 0 Å². The maximum absolute atomic E-state index is 5.99. The van der Waals surface area contributed by atoms with Crippen molar-refractivity contribution in [2.24, 2.45) is 5.73 Å². The van der Waals surface area contributed by atoms with Crippen LogP contribution in [0.15, 0.2) is 48.7 Å². The number of hydrogen-bond acceptors (Lipinski definition) is 2. The van der Waals surface area contributed by atoms with Crippen LogP contribution in [0.3, 0.4) is 0 Å². The molecule has 0 saturated carbocycles. The van der Waals surface area contributed by atoms with Crippen LogP contribution in [-0.2, 0) is 19.7 Å². The van der Waals surface area contributed by atoms with E-state index in [2.05, 4.69) is 35.9 Å². The van der Waals surface area contributed by atoms with Crippen molar-refractivity contribution in [1.82, 2.24) is 4.57 Å². The summed E-state index contributed by atoms with van der Waals surface area (Å²) in [5.74, 6) is 0.778. The molecule has 0 radical (unpaired) electrons. The fourth-order valence-electron chi connectivity index (χ4n) is 2.64. The van der Waals surface area contributed by atoms with Crippen LogP contribution in [-0.4, -0.2) is 4.57 Å². The van der Waals surface area contributed by atoms with E-state index in [1.54, 1.807) is 0 Å². The molecule has 114 valence electrons. The van der Waals surface area contributed by atoms with Crippen molar-refractivity contribution in [2.45, 2.75) is 26.6 Å². The Balaban J connectivity index is 1.92. The zero-order chi connectivity index (χ0) is 15.5. The first-order valence-electron chi connectivity index (χ1n) is 7.40. The minimum atomic E-state index is 0.512. The van der Waals surface area contributed by atoms with E-state index in [-0.39, 0.29) is 0 Å². The van der Waals surface area contributed by atoms with E-state index in [1.165, 1.54) is 10.9 Å². The molecule has 0 amide bonds. The van der Waals surface area contributed by atoms with Gasteiger partial charge in [0.1, 0.15) is 12.4 Å². The highest BCUT2D eigenvalue weighted by Crippen LogP contribution is 2.25. The van der Waals surface area contributed by atoms with Gasteiger partial charge in [-0.2, -0.15) is 0 Å². The van der Waals surface area contributed by atoms with Crippen molar-refractivity contribution < 1.29 is 4.74 Å². The van der Waals surface area contributed by atoms with Gasteiger partial charge in [0.2, 0.25) is 0 Å². The van der Waals surface area contributed by atoms with Crippen molar-refractivity contribution in [1.29, 1.82) is 0 Å². The lowest BCUT2D eigenvalue weighted by Gasteiger charge is -2.06. The predicted octanol–water partition coefficient (Wildman–Crippen LogP) is 4.35. The predicted molar refractivity (Wildman–Crippen MR) is 91.3 cm³/mol. The summed E-state index contributed by atoms with van der Waals surface area (Å²) < 4.78 is 8.11. The molecule has 0 aliphatic rings. The molecular weight excluding hydrogens is 296 g/mol. The van der Waals surface area contributed by atoms with Crippen molar-refractivity contribution in [2.75, 3.05) is 0 Å².